The van der Waals surface area contributed by atoms with Crippen LogP contribution >= 0.6 is 11.6 Å². The molecular weight excluding hydrogens is 304 g/mol. The Labute approximate surface area is 131 Å². The van der Waals surface area contributed by atoms with Gasteiger partial charge in [-0.3, -0.25) is 0 Å². The Morgan fingerprint density at radius 1 is 1.27 bits per heavy atom. The van der Waals surface area contributed by atoms with Crippen molar-refractivity contribution in [2.24, 2.45) is 0 Å². The SMILES string of the molecule is Clc1ccccc1Cc1noc(-c2nc3n(n2)CCCN3)n1. The van der Waals surface area contributed by atoms with Gasteiger partial charge in [-0.2, -0.15) is 9.97 Å². The number of aromatic nitrogens is 5. The van der Waals surface area contributed by atoms with Crippen LogP contribution in [0, 0.1) is 0 Å². The second-order valence-electron chi connectivity index (χ2n) is 5.05. The van der Waals surface area contributed by atoms with E-state index in [9.17, 15) is 0 Å². The number of benzene rings is 1. The van der Waals surface area contributed by atoms with Gasteiger partial charge in [-0.1, -0.05) is 35.0 Å². The molecule has 0 bridgehead atoms. The predicted octanol–water partition coefficient (Wildman–Crippen LogP) is 2.39. The number of hydrogen-bond donors (Lipinski definition) is 1. The van der Waals surface area contributed by atoms with Crippen molar-refractivity contribution in [3.05, 3.63) is 40.7 Å². The van der Waals surface area contributed by atoms with Crippen LogP contribution < -0.4 is 5.32 Å². The number of rotatable bonds is 3. The van der Waals surface area contributed by atoms with Crippen LogP contribution in [0.3, 0.4) is 0 Å². The quantitative estimate of drug-likeness (QED) is 0.799. The molecule has 0 aliphatic carbocycles. The van der Waals surface area contributed by atoms with Crippen molar-refractivity contribution in [1.29, 1.82) is 0 Å². The average Bonchev–Trinajstić information content (AvgIpc) is 3.15. The molecule has 0 amide bonds. The topological polar surface area (TPSA) is 81.7 Å². The highest BCUT2D eigenvalue weighted by molar-refractivity contribution is 6.31. The van der Waals surface area contributed by atoms with Gasteiger partial charge in [0.2, 0.25) is 11.8 Å². The van der Waals surface area contributed by atoms with Gasteiger partial charge in [0.25, 0.3) is 5.89 Å². The van der Waals surface area contributed by atoms with Gasteiger partial charge in [0.1, 0.15) is 0 Å². The third kappa shape index (κ3) is 2.43. The third-order valence-electron chi connectivity index (χ3n) is 3.47. The highest BCUT2D eigenvalue weighted by atomic mass is 35.5. The number of nitrogens with one attached hydrogen (secondary N) is 1. The van der Waals surface area contributed by atoms with Crippen molar-refractivity contribution in [1.82, 2.24) is 24.9 Å². The van der Waals surface area contributed by atoms with Gasteiger partial charge >= 0.3 is 0 Å². The van der Waals surface area contributed by atoms with E-state index in [4.69, 9.17) is 16.1 Å². The van der Waals surface area contributed by atoms with Crippen LogP contribution in [0.5, 0.6) is 0 Å². The normalized spacial score (nSPS) is 13.7. The molecule has 0 saturated heterocycles. The molecule has 4 rings (SSSR count). The zero-order valence-corrected chi connectivity index (χ0v) is 12.4. The van der Waals surface area contributed by atoms with E-state index in [2.05, 4.69) is 25.5 Å². The molecule has 0 radical (unpaired) electrons. The van der Waals surface area contributed by atoms with Crippen LogP contribution in [0.25, 0.3) is 11.7 Å². The number of hydrogen-bond acceptors (Lipinski definition) is 6. The van der Waals surface area contributed by atoms with Crippen molar-refractivity contribution < 1.29 is 4.52 Å². The molecule has 1 aliphatic rings. The lowest BCUT2D eigenvalue weighted by Gasteiger charge is -2.12. The van der Waals surface area contributed by atoms with Crippen LogP contribution in [-0.2, 0) is 13.0 Å². The van der Waals surface area contributed by atoms with E-state index >= 15 is 0 Å². The molecule has 3 heterocycles. The lowest BCUT2D eigenvalue weighted by Crippen LogP contribution is -2.17. The molecule has 8 heteroatoms. The van der Waals surface area contributed by atoms with Crippen LogP contribution in [0.2, 0.25) is 5.02 Å². The van der Waals surface area contributed by atoms with E-state index in [0.717, 1.165) is 31.0 Å². The summed E-state index contributed by atoms with van der Waals surface area (Å²) in [6, 6.07) is 7.60. The Balaban J connectivity index is 1.59. The fourth-order valence-electron chi connectivity index (χ4n) is 2.38. The molecule has 0 unspecified atom stereocenters. The second kappa shape index (κ2) is 5.42. The minimum absolute atomic E-state index is 0.325. The van der Waals surface area contributed by atoms with E-state index in [1.54, 1.807) is 0 Å². The summed E-state index contributed by atoms with van der Waals surface area (Å²) in [4.78, 5) is 8.74. The minimum Gasteiger partial charge on any atom is -0.354 e. The van der Waals surface area contributed by atoms with Crippen LogP contribution in [0.4, 0.5) is 5.95 Å². The summed E-state index contributed by atoms with van der Waals surface area (Å²) in [5, 5.41) is 12.2. The molecule has 2 aromatic heterocycles. The summed E-state index contributed by atoms with van der Waals surface area (Å²) in [6.07, 6.45) is 1.53. The Morgan fingerprint density at radius 3 is 3.05 bits per heavy atom. The maximum atomic E-state index is 6.14. The van der Waals surface area contributed by atoms with Crippen LogP contribution in [0.15, 0.2) is 28.8 Å². The zero-order chi connectivity index (χ0) is 14.9. The molecule has 0 saturated carbocycles. The summed E-state index contributed by atoms with van der Waals surface area (Å²) in [7, 11) is 0. The molecule has 0 atom stereocenters. The number of anilines is 1. The summed E-state index contributed by atoms with van der Waals surface area (Å²) >= 11 is 6.14. The van der Waals surface area contributed by atoms with E-state index in [1.807, 2.05) is 28.9 Å². The van der Waals surface area contributed by atoms with Gasteiger partial charge in [-0.15, -0.1) is 5.10 Å². The molecule has 1 aromatic carbocycles. The summed E-state index contributed by atoms with van der Waals surface area (Å²) in [5.74, 6) is 2.07. The van der Waals surface area contributed by atoms with Crippen LogP contribution in [-0.4, -0.2) is 31.4 Å². The number of fused-ring (bicyclic) bond motifs is 1. The molecule has 112 valence electrons. The van der Waals surface area contributed by atoms with E-state index in [-0.39, 0.29) is 0 Å². The lowest BCUT2D eigenvalue weighted by atomic mass is 10.1. The van der Waals surface area contributed by atoms with Gasteiger partial charge in [0, 0.05) is 24.5 Å². The average molecular weight is 317 g/mol. The minimum atomic E-state index is 0.325. The van der Waals surface area contributed by atoms with Gasteiger partial charge < -0.3 is 9.84 Å². The standard InChI is InChI=1S/C14H13ClN6O/c15-10-5-2-1-4-9(10)8-11-17-13(22-20-11)12-18-14-16-6-3-7-21(14)19-12/h1-2,4-5H,3,6-8H2,(H,16,18,19). The van der Waals surface area contributed by atoms with Gasteiger partial charge in [-0.05, 0) is 18.1 Å². The summed E-state index contributed by atoms with van der Waals surface area (Å²) in [6.45, 7) is 1.75. The second-order valence-corrected chi connectivity index (χ2v) is 5.45. The maximum absolute atomic E-state index is 6.14. The number of aryl methyl sites for hydroxylation is 1. The van der Waals surface area contributed by atoms with Gasteiger partial charge in [-0.25, -0.2) is 4.68 Å². The van der Waals surface area contributed by atoms with Crippen LogP contribution in [0.1, 0.15) is 17.8 Å². The maximum Gasteiger partial charge on any atom is 0.297 e. The van der Waals surface area contributed by atoms with Crippen molar-refractivity contribution >= 4 is 17.5 Å². The number of nitrogens with zero attached hydrogens (tertiary/aromatic N) is 5. The summed E-state index contributed by atoms with van der Waals surface area (Å²) < 4.78 is 7.09. The van der Waals surface area contributed by atoms with E-state index in [0.29, 0.717) is 29.0 Å². The van der Waals surface area contributed by atoms with Crippen molar-refractivity contribution in [3.8, 4) is 11.7 Å². The highest BCUT2D eigenvalue weighted by Crippen LogP contribution is 2.21. The zero-order valence-electron chi connectivity index (χ0n) is 11.7. The van der Waals surface area contributed by atoms with Crippen molar-refractivity contribution in [3.63, 3.8) is 0 Å². The van der Waals surface area contributed by atoms with E-state index < -0.39 is 0 Å². The molecule has 1 aliphatic heterocycles. The first-order chi connectivity index (χ1) is 10.8. The highest BCUT2D eigenvalue weighted by Gasteiger charge is 2.19. The Morgan fingerprint density at radius 2 is 2.18 bits per heavy atom. The fourth-order valence-corrected chi connectivity index (χ4v) is 2.58. The Bertz CT molecular complexity index is 788. The van der Waals surface area contributed by atoms with Gasteiger partial charge in [0.15, 0.2) is 5.82 Å². The largest absolute Gasteiger partial charge is 0.354 e. The van der Waals surface area contributed by atoms with E-state index in [1.165, 1.54) is 0 Å². The van der Waals surface area contributed by atoms with Crippen molar-refractivity contribution in [2.75, 3.05) is 11.9 Å². The molecule has 22 heavy (non-hydrogen) atoms. The Hall–Kier alpha value is -2.41. The molecule has 1 N–H and O–H groups in total. The lowest BCUT2D eigenvalue weighted by molar-refractivity contribution is 0.420. The molecular formula is C14H13ClN6O. The first-order valence-corrected chi connectivity index (χ1v) is 7.42. The fraction of sp³-hybridized carbons (Fsp3) is 0.286. The molecule has 3 aromatic rings. The number of halogens is 1. The van der Waals surface area contributed by atoms with Gasteiger partial charge in [0.05, 0.1) is 0 Å². The molecule has 0 spiro atoms. The van der Waals surface area contributed by atoms with Crippen molar-refractivity contribution in [2.45, 2.75) is 19.4 Å². The first-order valence-electron chi connectivity index (χ1n) is 7.05. The smallest absolute Gasteiger partial charge is 0.297 e. The molecule has 7 nitrogen and oxygen atoms in total. The first kappa shape index (κ1) is 13.3. The summed E-state index contributed by atoms with van der Waals surface area (Å²) in [5.41, 5.74) is 0.954. The predicted molar refractivity (Wildman–Crippen MR) is 80.7 cm³/mol. The molecule has 0 fully saturated rings. The monoisotopic (exact) mass is 316 g/mol. The third-order valence-corrected chi connectivity index (χ3v) is 3.84. The Kier molecular flexibility index (Phi) is 3.27.